The fourth-order valence-corrected chi connectivity index (χ4v) is 3.09. The first kappa shape index (κ1) is 15.3. The van der Waals surface area contributed by atoms with Crippen LogP contribution in [0.4, 0.5) is 11.4 Å². The molecule has 0 saturated heterocycles. The summed E-state index contributed by atoms with van der Waals surface area (Å²) in [6.45, 7) is 1.38. The minimum Gasteiger partial charge on any atom is -0.347 e. The van der Waals surface area contributed by atoms with Crippen molar-refractivity contribution in [3.05, 3.63) is 83.9 Å². The minimum absolute atomic E-state index is 0.175. The van der Waals surface area contributed by atoms with Crippen molar-refractivity contribution in [2.24, 2.45) is 0 Å². The van der Waals surface area contributed by atoms with Crippen molar-refractivity contribution in [3.8, 4) is 0 Å². The van der Waals surface area contributed by atoms with Gasteiger partial charge in [0.25, 0.3) is 5.91 Å². The Balaban J connectivity index is 1.51. The van der Waals surface area contributed by atoms with Crippen LogP contribution in [0.2, 0.25) is 0 Å². The number of hydrogen-bond acceptors (Lipinski definition) is 4. The molecule has 4 rings (SSSR count). The molecule has 0 unspecified atom stereocenters. The van der Waals surface area contributed by atoms with Crippen LogP contribution in [0.1, 0.15) is 21.6 Å². The second kappa shape index (κ2) is 6.73. The smallest absolute Gasteiger partial charge is 0.270 e. The van der Waals surface area contributed by atoms with Crippen LogP contribution < -0.4 is 10.2 Å². The van der Waals surface area contributed by atoms with E-state index in [4.69, 9.17) is 0 Å². The van der Waals surface area contributed by atoms with Crippen LogP contribution >= 0.6 is 0 Å². The summed E-state index contributed by atoms with van der Waals surface area (Å²) >= 11 is 0. The lowest BCUT2D eigenvalue weighted by Crippen LogP contribution is -2.24. The quantitative estimate of drug-likeness (QED) is 0.798. The largest absolute Gasteiger partial charge is 0.347 e. The average Bonchev–Trinajstić information content (AvgIpc) is 3.11. The molecule has 5 heteroatoms. The van der Waals surface area contributed by atoms with Crippen molar-refractivity contribution >= 4 is 17.3 Å². The number of carbonyl (C=O) groups is 1. The monoisotopic (exact) mass is 330 g/mol. The van der Waals surface area contributed by atoms with Crippen LogP contribution in [0.15, 0.2) is 67.1 Å². The van der Waals surface area contributed by atoms with Gasteiger partial charge in [-0.15, -0.1) is 0 Å². The Bertz CT molecular complexity index is 895. The van der Waals surface area contributed by atoms with E-state index in [0.29, 0.717) is 12.2 Å². The number of pyridine rings is 2. The summed E-state index contributed by atoms with van der Waals surface area (Å²) in [4.78, 5) is 22.9. The highest BCUT2D eigenvalue weighted by Gasteiger charge is 2.20. The molecule has 5 nitrogen and oxygen atoms in total. The van der Waals surface area contributed by atoms with E-state index in [-0.39, 0.29) is 5.91 Å². The molecule has 124 valence electrons. The third-order valence-electron chi connectivity index (χ3n) is 4.38. The van der Waals surface area contributed by atoms with Crippen molar-refractivity contribution in [2.75, 3.05) is 11.4 Å². The maximum atomic E-state index is 12.4. The number of fused-ring (bicyclic) bond motifs is 1. The molecule has 0 atom stereocenters. The van der Waals surface area contributed by atoms with Crippen LogP contribution in [0.25, 0.3) is 0 Å². The average molecular weight is 330 g/mol. The summed E-state index contributed by atoms with van der Waals surface area (Å²) in [6.07, 6.45) is 6.13. The van der Waals surface area contributed by atoms with Crippen LogP contribution in [-0.2, 0) is 13.0 Å². The zero-order valence-corrected chi connectivity index (χ0v) is 13.7. The van der Waals surface area contributed by atoms with Gasteiger partial charge in [-0.2, -0.15) is 0 Å². The Morgan fingerprint density at radius 3 is 2.80 bits per heavy atom. The molecule has 0 spiro atoms. The van der Waals surface area contributed by atoms with E-state index in [1.54, 1.807) is 18.6 Å². The molecule has 0 fully saturated rings. The van der Waals surface area contributed by atoms with E-state index in [1.165, 1.54) is 11.3 Å². The summed E-state index contributed by atoms with van der Waals surface area (Å²) in [7, 11) is 0. The van der Waals surface area contributed by atoms with Gasteiger partial charge in [-0.25, -0.2) is 0 Å². The van der Waals surface area contributed by atoms with Crippen LogP contribution in [0.3, 0.4) is 0 Å². The number of carbonyl (C=O) groups excluding carboxylic acids is 1. The van der Waals surface area contributed by atoms with Crippen LogP contribution in [0.5, 0.6) is 0 Å². The van der Waals surface area contributed by atoms with E-state index in [2.05, 4.69) is 38.4 Å². The molecular weight excluding hydrogens is 312 g/mol. The highest BCUT2D eigenvalue weighted by molar-refractivity contribution is 5.93. The molecule has 3 aromatic rings. The summed E-state index contributed by atoms with van der Waals surface area (Å²) in [5.74, 6) is -0.175. The molecule has 1 N–H and O–H groups in total. The fourth-order valence-electron chi connectivity index (χ4n) is 3.09. The van der Waals surface area contributed by atoms with Crippen molar-refractivity contribution in [3.63, 3.8) is 0 Å². The lowest BCUT2D eigenvalue weighted by Gasteiger charge is -2.19. The lowest BCUT2D eigenvalue weighted by molar-refractivity contribution is 0.0946. The Morgan fingerprint density at radius 1 is 1.08 bits per heavy atom. The Labute approximate surface area is 146 Å². The van der Waals surface area contributed by atoms with E-state index >= 15 is 0 Å². The predicted octanol–water partition coefficient (Wildman–Crippen LogP) is 3.10. The molecule has 2 aromatic heterocycles. The van der Waals surface area contributed by atoms with Crippen molar-refractivity contribution in [2.45, 2.75) is 13.0 Å². The molecule has 1 aliphatic rings. The fraction of sp³-hybridized carbons (Fsp3) is 0.150. The van der Waals surface area contributed by atoms with Gasteiger partial charge < -0.3 is 10.2 Å². The van der Waals surface area contributed by atoms with Gasteiger partial charge in [0.2, 0.25) is 0 Å². The van der Waals surface area contributed by atoms with Crippen molar-refractivity contribution < 1.29 is 4.79 Å². The van der Waals surface area contributed by atoms with Gasteiger partial charge in [-0.05, 0) is 47.9 Å². The van der Waals surface area contributed by atoms with Crippen LogP contribution in [-0.4, -0.2) is 22.4 Å². The first-order valence-electron chi connectivity index (χ1n) is 8.30. The van der Waals surface area contributed by atoms with Crippen molar-refractivity contribution in [1.29, 1.82) is 0 Å². The number of anilines is 2. The first-order chi connectivity index (χ1) is 12.3. The minimum atomic E-state index is -0.175. The maximum absolute atomic E-state index is 12.4. The van der Waals surface area contributed by atoms with Gasteiger partial charge in [0.1, 0.15) is 5.69 Å². The number of hydrogen-bond donors (Lipinski definition) is 1. The molecule has 3 heterocycles. The molecule has 25 heavy (non-hydrogen) atoms. The number of aromatic nitrogens is 2. The Kier molecular flexibility index (Phi) is 4.12. The predicted molar refractivity (Wildman–Crippen MR) is 96.8 cm³/mol. The van der Waals surface area contributed by atoms with Crippen LogP contribution in [0, 0.1) is 0 Å². The second-order valence-electron chi connectivity index (χ2n) is 5.97. The normalized spacial score (nSPS) is 12.7. The third-order valence-corrected chi connectivity index (χ3v) is 4.38. The summed E-state index contributed by atoms with van der Waals surface area (Å²) < 4.78 is 0. The summed E-state index contributed by atoms with van der Waals surface area (Å²) in [6, 6.07) is 15.9. The molecule has 0 bridgehead atoms. The third kappa shape index (κ3) is 3.21. The molecule has 0 saturated carbocycles. The van der Waals surface area contributed by atoms with E-state index in [0.717, 1.165) is 24.2 Å². The number of para-hydroxylation sites is 1. The van der Waals surface area contributed by atoms with Gasteiger partial charge in [0.05, 0.1) is 0 Å². The van der Waals surface area contributed by atoms with Crippen molar-refractivity contribution in [1.82, 2.24) is 15.3 Å². The van der Waals surface area contributed by atoms with Gasteiger partial charge >= 0.3 is 0 Å². The van der Waals surface area contributed by atoms with Gasteiger partial charge in [-0.3, -0.25) is 14.8 Å². The molecule has 0 aliphatic carbocycles. The summed E-state index contributed by atoms with van der Waals surface area (Å²) in [5, 5.41) is 2.90. The first-order valence-corrected chi connectivity index (χ1v) is 8.30. The number of nitrogens with one attached hydrogen (secondary N) is 1. The summed E-state index contributed by atoms with van der Waals surface area (Å²) in [5.41, 5.74) is 4.97. The van der Waals surface area contributed by atoms with Gasteiger partial charge in [-0.1, -0.05) is 18.2 Å². The zero-order chi connectivity index (χ0) is 17.1. The van der Waals surface area contributed by atoms with Gasteiger partial charge in [0.15, 0.2) is 0 Å². The highest BCUT2D eigenvalue weighted by atomic mass is 16.1. The SMILES string of the molecule is O=C(NCc1ccncc1)c1cc(N2CCc3ccccc32)ccn1. The Hall–Kier alpha value is -3.21. The molecule has 1 aromatic carbocycles. The molecule has 1 amide bonds. The van der Waals surface area contributed by atoms with E-state index in [9.17, 15) is 4.79 Å². The van der Waals surface area contributed by atoms with E-state index < -0.39 is 0 Å². The maximum Gasteiger partial charge on any atom is 0.270 e. The standard InChI is InChI=1S/C20H18N4O/c25-20(23-14-15-5-9-21-10-6-15)18-13-17(7-11-22-18)24-12-8-16-3-1-2-4-19(16)24/h1-7,9-11,13H,8,12,14H2,(H,23,25). The molecular formula is C20H18N4O. The topological polar surface area (TPSA) is 58.1 Å². The lowest BCUT2D eigenvalue weighted by atomic mass is 10.2. The van der Waals surface area contributed by atoms with Gasteiger partial charge in [0, 0.05) is 43.1 Å². The highest BCUT2D eigenvalue weighted by Crippen LogP contribution is 2.34. The number of rotatable bonds is 4. The number of benzene rings is 1. The molecule has 1 aliphatic heterocycles. The second-order valence-corrected chi connectivity index (χ2v) is 5.97. The van der Waals surface area contributed by atoms with E-state index in [1.807, 2.05) is 30.3 Å². The number of amides is 1. The molecule has 0 radical (unpaired) electrons. The zero-order valence-electron chi connectivity index (χ0n) is 13.7. The number of nitrogens with zero attached hydrogens (tertiary/aromatic N) is 3. The Morgan fingerprint density at radius 2 is 1.92 bits per heavy atom.